The van der Waals surface area contributed by atoms with Crippen LogP contribution in [0.25, 0.3) is 5.57 Å². The highest BCUT2D eigenvalue weighted by Gasteiger charge is 2.12. The predicted molar refractivity (Wildman–Crippen MR) is 92.8 cm³/mol. The Morgan fingerprint density at radius 3 is 2.57 bits per heavy atom. The number of nitrogens with zero attached hydrogens (tertiary/aromatic N) is 1. The number of carbonyl (C=O) groups is 1. The minimum Gasteiger partial charge on any atom is -0.469 e. The zero-order valence-electron chi connectivity index (χ0n) is 13.7. The van der Waals surface area contributed by atoms with Crippen molar-refractivity contribution in [3.63, 3.8) is 0 Å². The third-order valence-electron chi connectivity index (χ3n) is 3.85. The first-order valence-corrected chi connectivity index (χ1v) is 7.96. The van der Waals surface area contributed by atoms with E-state index in [1.165, 1.54) is 18.2 Å². The van der Waals surface area contributed by atoms with Crippen molar-refractivity contribution in [3.05, 3.63) is 72.1 Å². The molecule has 120 valence electrons. The molecule has 1 aromatic carbocycles. The number of esters is 1. The number of hydrogen-bond donors (Lipinski definition) is 0. The van der Waals surface area contributed by atoms with Crippen LogP contribution in [0.4, 0.5) is 0 Å². The number of hydrogen-bond acceptors (Lipinski definition) is 3. The van der Waals surface area contributed by atoms with E-state index in [-0.39, 0.29) is 11.9 Å². The first-order valence-electron chi connectivity index (χ1n) is 7.96. The number of benzene rings is 1. The highest BCUT2D eigenvalue weighted by Crippen LogP contribution is 2.24. The zero-order valence-corrected chi connectivity index (χ0v) is 13.7. The maximum atomic E-state index is 11.4. The molecule has 0 amide bonds. The summed E-state index contributed by atoms with van der Waals surface area (Å²) in [6, 6.07) is 14.3. The zero-order chi connectivity index (χ0) is 16.5. The Labute approximate surface area is 138 Å². The van der Waals surface area contributed by atoms with Crippen molar-refractivity contribution in [2.24, 2.45) is 5.92 Å². The lowest BCUT2D eigenvalue weighted by Gasteiger charge is -2.10. The number of pyridine rings is 1. The second-order valence-corrected chi connectivity index (χ2v) is 5.58. The average Bonchev–Trinajstić information content (AvgIpc) is 2.62. The maximum absolute atomic E-state index is 11.4. The van der Waals surface area contributed by atoms with Gasteiger partial charge in [-0.25, -0.2) is 0 Å². The molecule has 2 aromatic rings. The van der Waals surface area contributed by atoms with Crippen molar-refractivity contribution in [1.82, 2.24) is 4.98 Å². The Kier molecular flexibility index (Phi) is 6.55. The number of allylic oxidation sites excluding steroid dienone is 1. The van der Waals surface area contributed by atoms with Gasteiger partial charge in [-0.05, 0) is 36.5 Å². The Hall–Kier alpha value is -2.42. The van der Waals surface area contributed by atoms with Gasteiger partial charge in [0, 0.05) is 18.0 Å². The van der Waals surface area contributed by atoms with Gasteiger partial charge in [-0.1, -0.05) is 49.4 Å². The molecule has 0 aliphatic rings. The lowest BCUT2D eigenvalue weighted by Crippen LogP contribution is -2.12. The second-order valence-electron chi connectivity index (χ2n) is 5.58. The second kappa shape index (κ2) is 8.89. The van der Waals surface area contributed by atoms with E-state index < -0.39 is 0 Å². The number of rotatable bonds is 7. The fourth-order valence-corrected chi connectivity index (χ4v) is 2.53. The van der Waals surface area contributed by atoms with E-state index in [0.29, 0.717) is 0 Å². The van der Waals surface area contributed by atoms with Gasteiger partial charge >= 0.3 is 5.97 Å². The van der Waals surface area contributed by atoms with E-state index in [2.05, 4.69) is 29.3 Å². The van der Waals surface area contributed by atoms with Crippen LogP contribution in [0.15, 0.2) is 60.9 Å². The topological polar surface area (TPSA) is 39.2 Å². The normalized spacial score (nSPS) is 12.7. The largest absolute Gasteiger partial charge is 0.469 e. The SMILES string of the molecule is COC(=O)C(C)CCCC=C(c1ccccc1)c1cccnc1. The molecule has 0 bridgehead atoms. The fourth-order valence-electron chi connectivity index (χ4n) is 2.53. The molecule has 0 spiro atoms. The van der Waals surface area contributed by atoms with Gasteiger partial charge in [0.05, 0.1) is 13.0 Å². The van der Waals surface area contributed by atoms with Gasteiger partial charge in [0.1, 0.15) is 0 Å². The molecule has 23 heavy (non-hydrogen) atoms. The Balaban J connectivity index is 2.08. The first-order chi connectivity index (χ1) is 11.2. The molecule has 0 aliphatic heterocycles. The predicted octanol–water partition coefficient (Wildman–Crippen LogP) is 4.49. The van der Waals surface area contributed by atoms with Crippen molar-refractivity contribution in [2.75, 3.05) is 7.11 Å². The molecule has 0 saturated carbocycles. The minimum absolute atomic E-state index is 0.0491. The molecule has 0 aliphatic carbocycles. The molecule has 0 fully saturated rings. The summed E-state index contributed by atoms with van der Waals surface area (Å²) in [6.07, 6.45) is 8.60. The molecule has 0 saturated heterocycles. The molecular formula is C20H23NO2. The number of carbonyl (C=O) groups excluding carboxylic acids is 1. The highest BCUT2D eigenvalue weighted by molar-refractivity contribution is 5.79. The van der Waals surface area contributed by atoms with Crippen molar-refractivity contribution in [1.29, 1.82) is 0 Å². The summed E-state index contributed by atoms with van der Waals surface area (Å²) in [7, 11) is 1.44. The third-order valence-corrected chi connectivity index (χ3v) is 3.85. The molecule has 1 atom stereocenters. The van der Waals surface area contributed by atoms with Crippen LogP contribution < -0.4 is 0 Å². The third kappa shape index (κ3) is 5.06. The van der Waals surface area contributed by atoms with Crippen LogP contribution in [0.1, 0.15) is 37.3 Å². The van der Waals surface area contributed by atoms with Crippen molar-refractivity contribution in [3.8, 4) is 0 Å². The van der Waals surface area contributed by atoms with E-state index in [9.17, 15) is 4.79 Å². The summed E-state index contributed by atoms with van der Waals surface area (Å²) in [4.78, 5) is 15.7. The lowest BCUT2D eigenvalue weighted by molar-refractivity contribution is -0.145. The van der Waals surface area contributed by atoms with E-state index in [4.69, 9.17) is 4.74 Å². The van der Waals surface area contributed by atoms with Gasteiger partial charge in [0.2, 0.25) is 0 Å². The van der Waals surface area contributed by atoms with E-state index >= 15 is 0 Å². The van der Waals surface area contributed by atoms with Gasteiger partial charge in [-0.15, -0.1) is 0 Å². The molecule has 0 radical (unpaired) electrons. The molecule has 2 rings (SSSR count). The number of ether oxygens (including phenoxy) is 1. The van der Waals surface area contributed by atoms with Gasteiger partial charge < -0.3 is 4.74 Å². The summed E-state index contributed by atoms with van der Waals surface area (Å²) in [5, 5.41) is 0. The van der Waals surface area contributed by atoms with Crippen LogP contribution in [0.3, 0.4) is 0 Å². The minimum atomic E-state index is -0.135. The lowest BCUT2D eigenvalue weighted by atomic mass is 9.96. The molecule has 0 N–H and O–H groups in total. The molecule has 1 heterocycles. The van der Waals surface area contributed by atoms with Crippen molar-refractivity contribution < 1.29 is 9.53 Å². The Morgan fingerprint density at radius 2 is 1.91 bits per heavy atom. The van der Waals surface area contributed by atoms with Crippen LogP contribution in [0, 0.1) is 5.92 Å². The summed E-state index contributed by atoms with van der Waals surface area (Å²) in [6.45, 7) is 1.91. The van der Waals surface area contributed by atoms with Crippen LogP contribution in [0.2, 0.25) is 0 Å². The van der Waals surface area contributed by atoms with Gasteiger partial charge in [-0.2, -0.15) is 0 Å². The fraction of sp³-hybridized carbons (Fsp3) is 0.300. The van der Waals surface area contributed by atoms with Gasteiger partial charge in [0.25, 0.3) is 0 Å². The highest BCUT2D eigenvalue weighted by atomic mass is 16.5. The summed E-state index contributed by atoms with van der Waals surface area (Å²) in [5.41, 5.74) is 3.48. The van der Waals surface area contributed by atoms with Crippen molar-refractivity contribution >= 4 is 11.5 Å². The van der Waals surface area contributed by atoms with Crippen molar-refractivity contribution in [2.45, 2.75) is 26.2 Å². The number of methoxy groups -OCH3 is 1. The summed E-state index contributed by atoms with van der Waals surface area (Å²) in [5.74, 6) is -0.184. The average molecular weight is 309 g/mol. The molecule has 3 nitrogen and oxygen atoms in total. The van der Waals surface area contributed by atoms with E-state index in [1.54, 1.807) is 6.20 Å². The van der Waals surface area contributed by atoms with Crippen LogP contribution in [-0.4, -0.2) is 18.1 Å². The Morgan fingerprint density at radius 1 is 1.17 bits per heavy atom. The van der Waals surface area contributed by atoms with Crippen LogP contribution in [-0.2, 0) is 9.53 Å². The van der Waals surface area contributed by atoms with Gasteiger partial charge in [0.15, 0.2) is 0 Å². The van der Waals surface area contributed by atoms with E-state index in [1.807, 2.05) is 37.4 Å². The monoisotopic (exact) mass is 309 g/mol. The smallest absolute Gasteiger partial charge is 0.308 e. The molecule has 1 unspecified atom stereocenters. The molecule has 1 aromatic heterocycles. The van der Waals surface area contributed by atoms with Crippen LogP contribution >= 0.6 is 0 Å². The maximum Gasteiger partial charge on any atom is 0.308 e. The number of aromatic nitrogens is 1. The van der Waals surface area contributed by atoms with Crippen LogP contribution in [0.5, 0.6) is 0 Å². The Bertz CT molecular complexity index is 594. The molecular weight excluding hydrogens is 286 g/mol. The quantitative estimate of drug-likeness (QED) is 0.558. The summed E-state index contributed by atoms with van der Waals surface area (Å²) < 4.78 is 4.77. The van der Waals surface area contributed by atoms with Gasteiger partial charge in [-0.3, -0.25) is 9.78 Å². The standard InChI is InChI=1S/C20H23NO2/c1-16(20(22)23-2)9-6-7-13-19(17-10-4-3-5-11-17)18-12-8-14-21-15-18/h3-5,8,10-16H,6-7,9H2,1-2H3. The summed E-state index contributed by atoms with van der Waals surface area (Å²) >= 11 is 0. The van der Waals surface area contributed by atoms with E-state index in [0.717, 1.165) is 24.8 Å². The number of unbranched alkanes of at least 4 members (excludes halogenated alkanes) is 1. The first kappa shape index (κ1) is 16.9. The molecule has 3 heteroatoms.